The standard InChI is InChI=1S/C26H35FN2O2/c1-4-11-29-12-9-19(10-13-29)18-31-22-6-7-23-20(14-22)16-28(2)17-25(23)24-8-5-21(30-3)15-26(24)27/h5-8,14-15,19,25H,4,9-13,16-18H2,1-3H3. The molecule has 0 bridgehead atoms. The van der Waals surface area contributed by atoms with Crippen LogP contribution >= 0.6 is 0 Å². The van der Waals surface area contributed by atoms with Crippen molar-refractivity contribution in [3.8, 4) is 11.5 Å². The Kier molecular flexibility index (Phi) is 7.13. The van der Waals surface area contributed by atoms with E-state index in [1.807, 2.05) is 12.1 Å². The van der Waals surface area contributed by atoms with Gasteiger partial charge in [0.15, 0.2) is 0 Å². The van der Waals surface area contributed by atoms with Gasteiger partial charge >= 0.3 is 0 Å². The van der Waals surface area contributed by atoms with E-state index in [9.17, 15) is 4.39 Å². The summed E-state index contributed by atoms with van der Waals surface area (Å²) in [4.78, 5) is 4.81. The summed E-state index contributed by atoms with van der Waals surface area (Å²) in [6.07, 6.45) is 3.66. The number of fused-ring (bicyclic) bond motifs is 1. The summed E-state index contributed by atoms with van der Waals surface area (Å²) < 4.78 is 26.2. The SMILES string of the molecule is CCCN1CCC(COc2ccc3c(c2)CN(C)CC3c2ccc(OC)cc2F)CC1. The summed E-state index contributed by atoms with van der Waals surface area (Å²) in [5.74, 6) is 1.92. The summed E-state index contributed by atoms with van der Waals surface area (Å²) >= 11 is 0. The smallest absolute Gasteiger partial charge is 0.130 e. The molecule has 0 amide bonds. The molecule has 31 heavy (non-hydrogen) atoms. The molecule has 0 aliphatic carbocycles. The second kappa shape index (κ2) is 10.0. The van der Waals surface area contributed by atoms with E-state index in [0.717, 1.165) is 31.0 Å². The second-order valence-corrected chi connectivity index (χ2v) is 9.09. The molecule has 4 nitrogen and oxygen atoms in total. The molecule has 2 heterocycles. The third-order valence-corrected chi connectivity index (χ3v) is 6.74. The first-order valence-corrected chi connectivity index (χ1v) is 11.6. The maximum atomic E-state index is 14.8. The van der Waals surface area contributed by atoms with E-state index in [1.165, 1.54) is 56.1 Å². The second-order valence-electron chi connectivity index (χ2n) is 9.09. The topological polar surface area (TPSA) is 24.9 Å². The number of methoxy groups -OCH3 is 1. The first kappa shape index (κ1) is 22.1. The first-order valence-electron chi connectivity index (χ1n) is 11.6. The quantitative estimate of drug-likeness (QED) is 0.628. The molecule has 168 valence electrons. The molecular formula is C26H35FN2O2. The molecule has 4 rings (SSSR count). The molecule has 1 unspecified atom stereocenters. The van der Waals surface area contributed by atoms with E-state index in [-0.39, 0.29) is 11.7 Å². The average molecular weight is 427 g/mol. The van der Waals surface area contributed by atoms with Crippen molar-refractivity contribution in [2.45, 2.75) is 38.6 Å². The molecule has 2 aliphatic heterocycles. The van der Waals surface area contributed by atoms with Gasteiger partial charge in [-0.3, -0.25) is 0 Å². The van der Waals surface area contributed by atoms with Crippen LogP contribution in [0.5, 0.6) is 11.5 Å². The molecule has 0 saturated carbocycles. The van der Waals surface area contributed by atoms with Gasteiger partial charge in [-0.2, -0.15) is 0 Å². The number of piperidine rings is 1. The van der Waals surface area contributed by atoms with E-state index < -0.39 is 0 Å². The third-order valence-electron chi connectivity index (χ3n) is 6.74. The highest BCUT2D eigenvalue weighted by Gasteiger charge is 2.27. The number of likely N-dealkylation sites (N-methyl/N-ethyl adjacent to an activating group) is 1. The lowest BCUT2D eigenvalue weighted by atomic mass is 9.84. The summed E-state index contributed by atoms with van der Waals surface area (Å²) in [6.45, 7) is 8.27. The maximum absolute atomic E-state index is 14.8. The van der Waals surface area contributed by atoms with Crippen LogP contribution in [0.25, 0.3) is 0 Å². The predicted molar refractivity (Wildman–Crippen MR) is 123 cm³/mol. The summed E-state index contributed by atoms with van der Waals surface area (Å²) in [6, 6.07) is 11.5. The van der Waals surface area contributed by atoms with Crippen LogP contribution < -0.4 is 9.47 Å². The number of nitrogens with zero attached hydrogens (tertiary/aromatic N) is 2. The Bertz CT molecular complexity index is 880. The fourth-order valence-electron chi connectivity index (χ4n) is 5.00. The molecule has 2 aromatic rings. The summed E-state index contributed by atoms with van der Waals surface area (Å²) in [5.41, 5.74) is 3.15. The van der Waals surface area contributed by atoms with Crippen LogP contribution in [-0.2, 0) is 6.54 Å². The van der Waals surface area contributed by atoms with Crippen LogP contribution in [0.4, 0.5) is 4.39 Å². The van der Waals surface area contributed by atoms with Crippen LogP contribution in [0.15, 0.2) is 36.4 Å². The Balaban J connectivity index is 1.45. The Morgan fingerprint density at radius 3 is 2.48 bits per heavy atom. The summed E-state index contributed by atoms with van der Waals surface area (Å²) in [5, 5.41) is 0. The molecule has 2 aliphatic rings. The molecule has 1 atom stereocenters. The number of likely N-dealkylation sites (tertiary alicyclic amines) is 1. The van der Waals surface area contributed by atoms with Crippen LogP contribution in [0.2, 0.25) is 0 Å². The van der Waals surface area contributed by atoms with Gasteiger partial charge in [-0.1, -0.05) is 19.1 Å². The Morgan fingerprint density at radius 2 is 1.77 bits per heavy atom. The number of hydrogen-bond donors (Lipinski definition) is 0. The average Bonchev–Trinajstić information content (AvgIpc) is 2.78. The van der Waals surface area contributed by atoms with Crippen molar-refractivity contribution in [3.05, 3.63) is 58.9 Å². The number of ether oxygens (including phenoxy) is 2. The molecule has 5 heteroatoms. The number of rotatable bonds is 7. The zero-order valence-electron chi connectivity index (χ0n) is 19.1. The van der Waals surface area contributed by atoms with Crippen LogP contribution in [0, 0.1) is 11.7 Å². The highest BCUT2D eigenvalue weighted by Crippen LogP contribution is 2.37. The van der Waals surface area contributed by atoms with Gasteiger partial charge in [0.2, 0.25) is 0 Å². The van der Waals surface area contributed by atoms with Gasteiger partial charge in [0.1, 0.15) is 17.3 Å². The van der Waals surface area contributed by atoms with Gasteiger partial charge in [0, 0.05) is 25.1 Å². The molecular weight excluding hydrogens is 391 g/mol. The fraction of sp³-hybridized carbons (Fsp3) is 0.538. The highest BCUT2D eigenvalue weighted by molar-refractivity contribution is 5.45. The van der Waals surface area contributed by atoms with Crippen molar-refractivity contribution in [1.82, 2.24) is 9.80 Å². The largest absolute Gasteiger partial charge is 0.497 e. The lowest BCUT2D eigenvalue weighted by Gasteiger charge is -2.33. The van der Waals surface area contributed by atoms with Crippen molar-refractivity contribution in [2.75, 3.05) is 46.9 Å². The molecule has 1 saturated heterocycles. The van der Waals surface area contributed by atoms with Gasteiger partial charge in [0.25, 0.3) is 0 Å². The van der Waals surface area contributed by atoms with Crippen molar-refractivity contribution >= 4 is 0 Å². The number of halogens is 1. The maximum Gasteiger partial charge on any atom is 0.130 e. The van der Waals surface area contributed by atoms with E-state index in [0.29, 0.717) is 11.7 Å². The first-order chi connectivity index (χ1) is 15.1. The highest BCUT2D eigenvalue weighted by atomic mass is 19.1. The third kappa shape index (κ3) is 5.21. The van der Waals surface area contributed by atoms with Crippen molar-refractivity contribution in [2.24, 2.45) is 5.92 Å². The van der Waals surface area contributed by atoms with Crippen LogP contribution in [0.3, 0.4) is 0 Å². The monoisotopic (exact) mass is 426 g/mol. The van der Waals surface area contributed by atoms with Crippen molar-refractivity contribution < 1.29 is 13.9 Å². The Labute approximate surface area is 185 Å². The van der Waals surface area contributed by atoms with Gasteiger partial charge in [-0.15, -0.1) is 0 Å². The summed E-state index contributed by atoms with van der Waals surface area (Å²) in [7, 11) is 3.66. The molecule has 1 fully saturated rings. The minimum Gasteiger partial charge on any atom is -0.497 e. The van der Waals surface area contributed by atoms with E-state index in [1.54, 1.807) is 7.11 Å². The molecule has 0 N–H and O–H groups in total. The van der Waals surface area contributed by atoms with Gasteiger partial charge in [-0.25, -0.2) is 4.39 Å². The van der Waals surface area contributed by atoms with Crippen LogP contribution in [0.1, 0.15) is 48.8 Å². The zero-order valence-corrected chi connectivity index (χ0v) is 19.1. The van der Waals surface area contributed by atoms with Gasteiger partial charge in [-0.05, 0) is 86.8 Å². The number of benzene rings is 2. The lowest BCUT2D eigenvalue weighted by Crippen LogP contribution is -2.36. The fourth-order valence-corrected chi connectivity index (χ4v) is 5.00. The normalized spacial score (nSPS) is 20.5. The van der Waals surface area contributed by atoms with Crippen molar-refractivity contribution in [3.63, 3.8) is 0 Å². The van der Waals surface area contributed by atoms with E-state index in [2.05, 4.69) is 42.0 Å². The Morgan fingerprint density at radius 1 is 1.03 bits per heavy atom. The van der Waals surface area contributed by atoms with Gasteiger partial charge < -0.3 is 19.3 Å². The lowest BCUT2D eigenvalue weighted by molar-refractivity contribution is 0.141. The Hall–Kier alpha value is -2.11. The minimum atomic E-state index is -0.208. The molecule has 2 aromatic carbocycles. The predicted octanol–water partition coefficient (Wildman–Crippen LogP) is 4.91. The number of hydrogen-bond acceptors (Lipinski definition) is 4. The molecule has 0 spiro atoms. The van der Waals surface area contributed by atoms with Crippen LogP contribution in [-0.4, -0.2) is 56.7 Å². The van der Waals surface area contributed by atoms with Gasteiger partial charge in [0.05, 0.1) is 13.7 Å². The van der Waals surface area contributed by atoms with Crippen molar-refractivity contribution in [1.29, 1.82) is 0 Å². The molecule has 0 radical (unpaired) electrons. The molecule has 0 aromatic heterocycles. The van der Waals surface area contributed by atoms with E-state index in [4.69, 9.17) is 9.47 Å². The zero-order chi connectivity index (χ0) is 21.8. The van der Waals surface area contributed by atoms with E-state index >= 15 is 0 Å². The minimum absolute atomic E-state index is 0.0107.